The fourth-order valence-electron chi connectivity index (χ4n) is 3.96. The van der Waals surface area contributed by atoms with E-state index in [9.17, 15) is 14.4 Å². The molecule has 1 aliphatic rings. The number of nitrogens with one attached hydrogen (secondary N) is 1. The van der Waals surface area contributed by atoms with Crippen molar-refractivity contribution < 1.29 is 14.3 Å². The van der Waals surface area contributed by atoms with E-state index in [2.05, 4.69) is 15.0 Å². The number of imidazole rings is 1. The number of benzene rings is 1. The largest absolute Gasteiger partial charge is 0.497 e. The van der Waals surface area contributed by atoms with Crippen LogP contribution in [0.2, 0.25) is 0 Å². The van der Waals surface area contributed by atoms with E-state index < -0.39 is 11.6 Å². The van der Waals surface area contributed by atoms with Crippen LogP contribution in [0.15, 0.2) is 29.1 Å². The van der Waals surface area contributed by atoms with Crippen LogP contribution in [-0.4, -0.2) is 56.4 Å². The minimum absolute atomic E-state index is 0.0224. The highest BCUT2D eigenvalue weighted by molar-refractivity contribution is 6.01. The van der Waals surface area contributed by atoms with Crippen molar-refractivity contribution in [3.8, 4) is 11.4 Å². The van der Waals surface area contributed by atoms with E-state index in [1.165, 1.54) is 11.7 Å². The first-order valence-electron chi connectivity index (χ1n) is 10.2. The second-order valence-electron chi connectivity index (χ2n) is 7.47. The number of carbonyl (C=O) groups is 2. The van der Waals surface area contributed by atoms with Crippen molar-refractivity contribution >= 4 is 23.0 Å². The summed E-state index contributed by atoms with van der Waals surface area (Å²) >= 11 is 0. The van der Waals surface area contributed by atoms with Crippen molar-refractivity contribution in [2.24, 2.45) is 5.73 Å². The number of methoxy groups -OCH3 is 1. The van der Waals surface area contributed by atoms with Gasteiger partial charge >= 0.3 is 5.69 Å². The molecule has 0 bridgehead atoms. The number of nitrogens with two attached hydrogens (primary N) is 1. The van der Waals surface area contributed by atoms with Crippen LogP contribution in [0, 0.1) is 0 Å². The third-order valence-corrected chi connectivity index (χ3v) is 5.61. The van der Waals surface area contributed by atoms with E-state index >= 15 is 0 Å². The quantitative estimate of drug-likeness (QED) is 0.634. The zero-order valence-electron chi connectivity index (χ0n) is 17.4. The first-order valence-corrected chi connectivity index (χ1v) is 10.2. The van der Waals surface area contributed by atoms with Crippen LogP contribution in [0.5, 0.6) is 5.75 Å². The molecular formula is C21H24N6O4. The van der Waals surface area contributed by atoms with E-state index in [0.29, 0.717) is 49.6 Å². The summed E-state index contributed by atoms with van der Waals surface area (Å²) in [6.45, 7) is 3.04. The smallest absolute Gasteiger partial charge is 0.332 e. The number of rotatable bonds is 5. The van der Waals surface area contributed by atoms with Gasteiger partial charge in [0.15, 0.2) is 11.3 Å². The highest BCUT2D eigenvalue weighted by atomic mass is 16.5. The van der Waals surface area contributed by atoms with Crippen LogP contribution in [0.1, 0.15) is 48.4 Å². The Morgan fingerprint density at radius 3 is 2.65 bits per heavy atom. The molecule has 0 unspecified atom stereocenters. The molecule has 0 atom stereocenters. The maximum Gasteiger partial charge on any atom is 0.332 e. The summed E-state index contributed by atoms with van der Waals surface area (Å²) in [6.07, 6.45) is 1.81. The first-order chi connectivity index (χ1) is 14.9. The number of hydrogen-bond donors (Lipinski definition) is 2. The van der Waals surface area contributed by atoms with Crippen molar-refractivity contribution in [1.29, 1.82) is 0 Å². The van der Waals surface area contributed by atoms with Crippen molar-refractivity contribution in [3.63, 3.8) is 0 Å². The van der Waals surface area contributed by atoms with Crippen molar-refractivity contribution in [2.45, 2.75) is 32.1 Å². The highest BCUT2D eigenvalue weighted by Crippen LogP contribution is 2.28. The number of amides is 2. The zero-order valence-corrected chi connectivity index (χ0v) is 17.4. The molecular weight excluding hydrogens is 400 g/mol. The first kappa shape index (κ1) is 20.6. The van der Waals surface area contributed by atoms with Crippen molar-refractivity contribution in [1.82, 2.24) is 24.4 Å². The standard InChI is InChI=1S/C21H24N6O4/c1-3-15(28)26-9-7-12(8-10-26)19-23-16(18(22)29)17-20(25-19)27(21(30)24-17)13-5-4-6-14(11-13)31-2/h4-6,11-12H,3,7-10H2,1-2H3,(H2,22,29)(H,24,30). The fraction of sp³-hybridized carbons (Fsp3) is 0.381. The Balaban J connectivity index is 1.81. The van der Waals surface area contributed by atoms with E-state index in [4.69, 9.17) is 10.5 Å². The summed E-state index contributed by atoms with van der Waals surface area (Å²) in [5.74, 6) is 0.347. The number of carbonyl (C=O) groups excluding carboxylic acids is 2. The molecule has 162 valence electrons. The van der Waals surface area contributed by atoms with Crippen LogP contribution >= 0.6 is 0 Å². The molecule has 3 N–H and O–H groups in total. The lowest BCUT2D eigenvalue weighted by molar-refractivity contribution is -0.131. The van der Waals surface area contributed by atoms with Crippen LogP contribution < -0.4 is 16.2 Å². The second-order valence-corrected chi connectivity index (χ2v) is 7.47. The SMILES string of the molecule is CCC(=O)N1CCC(c2nc(C(N)=O)c3[nH]c(=O)n(-c4cccc(OC)c4)c3n2)CC1. The van der Waals surface area contributed by atoms with E-state index in [-0.39, 0.29) is 28.7 Å². The molecule has 4 rings (SSSR count). The monoisotopic (exact) mass is 424 g/mol. The van der Waals surface area contributed by atoms with Gasteiger partial charge in [0.25, 0.3) is 5.91 Å². The molecule has 2 aromatic heterocycles. The third kappa shape index (κ3) is 3.76. The lowest BCUT2D eigenvalue weighted by Gasteiger charge is -2.31. The lowest BCUT2D eigenvalue weighted by Crippen LogP contribution is -2.37. The molecule has 3 heterocycles. The third-order valence-electron chi connectivity index (χ3n) is 5.61. The Labute approximate surface area is 178 Å². The van der Waals surface area contributed by atoms with E-state index in [1.54, 1.807) is 24.3 Å². The maximum atomic E-state index is 12.8. The van der Waals surface area contributed by atoms with Gasteiger partial charge in [-0.25, -0.2) is 19.3 Å². The number of aromatic nitrogens is 4. The summed E-state index contributed by atoms with van der Waals surface area (Å²) in [4.78, 5) is 50.4. The highest BCUT2D eigenvalue weighted by Gasteiger charge is 2.28. The maximum absolute atomic E-state index is 12.8. The Hall–Kier alpha value is -3.69. The second kappa shape index (κ2) is 8.21. The molecule has 1 aromatic carbocycles. The van der Waals surface area contributed by atoms with Gasteiger partial charge in [-0.05, 0) is 25.0 Å². The van der Waals surface area contributed by atoms with Gasteiger partial charge in [-0.3, -0.25) is 9.59 Å². The minimum atomic E-state index is -0.744. The Morgan fingerprint density at radius 2 is 2.00 bits per heavy atom. The topological polar surface area (TPSA) is 136 Å². The average Bonchev–Trinajstić information content (AvgIpc) is 3.13. The van der Waals surface area contributed by atoms with Gasteiger partial charge in [0.2, 0.25) is 5.91 Å². The molecule has 1 fully saturated rings. The van der Waals surface area contributed by atoms with Gasteiger partial charge in [0.1, 0.15) is 17.1 Å². The molecule has 2 amide bonds. The van der Waals surface area contributed by atoms with E-state index in [0.717, 1.165) is 0 Å². The van der Waals surface area contributed by atoms with Gasteiger partial charge < -0.3 is 20.4 Å². The molecule has 31 heavy (non-hydrogen) atoms. The predicted molar refractivity (Wildman–Crippen MR) is 113 cm³/mol. The average molecular weight is 424 g/mol. The molecule has 10 nitrogen and oxygen atoms in total. The number of fused-ring (bicyclic) bond motifs is 1. The molecule has 0 spiro atoms. The number of piperidine rings is 1. The number of primary amides is 1. The van der Waals surface area contributed by atoms with Crippen LogP contribution in [0.3, 0.4) is 0 Å². The van der Waals surface area contributed by atoms with Gasteiger partial charge in [-0.2, -0.15) is 0 Å². The van der Waals surface area contributed by atoms with Crippen molar-refractivity contribution in [3.05, 3.63) is 46.3 Å². The molecule has 0 aliphatic carbocycles. The molecule has 0 radical (unpaired) electrons. The van der Waals surface area contributed by atoms with Gasteiger partial charge in [-0.15, -0.1) is 0 Å². The van der Waals surface area contributed by atoms with Crippen LogP contribution in [-0.2, 0) is 4.79 Å². The van der Waals surface area contributed by atoms with Gasteiger partial charge in [-0.1, -0.05) is 13.0 Å². The number of H-pyrrole nitrogens is 1. The number of likely N-dealkylation sites (tertiary alicyclic amines) is 1. The van der Waals surface area contributed by atoms with Crippen LogP contribution in [0.25, 0.3) is 16.9 Å². The summed E-state index contributed by atoms with van der Waals surface area (Å²) in [7, 11) is 1.54. The lowest BCUT2D eigenvalue weighted by atomic mass is 9.95. The van der Waals surface area contributed by atoms with Gasteiger partial charge in [0.05, 0.1) is 12.8 Å². The molecule has 10 heteroatoms. The van der Waals surface area contributed by atoms with Gasteiger partial charge in [0, 0.05) is 31.5 Å². The number of aromatic amines is 1. The summed E-state index contributed by atoms with van der Waals surface area (Å²) in [5.41, 5.74) is 6.11. The Morgan fingerprint density at radius 1 is 1.26 bits per heavy atom. The number of hydrogen-bond acceptors (Lipinski definition) is 6. The number of nitrogens with zero attached hydrogens (tertiary/aromatic N) is 4. The Kier molecular flexibility index (Phi) is 5.45. The predicted octanol–water partition coefficient (Wildman–Crippen LogP) is 1.33. The van der Waals surface area contributed by atoms with Crippen molar-refractivity contribution in [2.75, 3.05) is 20.2 Å². The summed E-state index contributed by atoms with van der Waals surface area (Å²) in [6, 6.07) is 6.98. The molecule has 1 saturated heterocycles. The molecule has 1 aliphatic heterocycles. The molecule has 0 saturated carbocycles. The fourth-order valence-corrected chi connectivity index (χ4v) is 3.96. The zero-order chi connectivity index (χ0) is 22.1. The van der Waals surface area contributed by atoms with Crippen LogP contribution in [0.4, 0.5) is 0 Å². The minimum Gasteiger partial charge on any atom is -0.497 e. The Bertz CT molecular complexity index is 1210. The van der Waals surface area contributed by atoms with E-state index in [1.807, 2.05) is 11.8 Å². The summed E-state index contributed by atoms with van der Waals surface area (Å²) < 4.78 is 6.64. The number of ether oxygens (including phenoxy) is 1. The summed E-state index contributed by atoms with van der Waals surface area (Å²) in [5, 5.41) is 0. The molecule has 3 aromatic rings. The normalized spacial score (nSPS) is 14.7.